The minimum absolute atomic E-state index is 0.0194. The number of ether oxygens (including phenoxy) is 4. The zero-order valence-corrected chi connectivity index (χ0v) is 36.4. The first-order chi connectivity index (χ1) is 29.4. The Hall–Kier alpha value is -4.90. The number of alkyl halides is 3. The Kier molecular flexibility index (Phi) is 15.5. The van der Waals surface area contributed by atoms with Crippen molar-refractivity contribution in [3.8, 4) is 11.5 Å². The quantitative estimate of drug-likeness (QED) is 0.208. The van der Waals surface area contributed by atoms with Gasteiger partial charge in [-0.1, -0.05) is 31.2 Å². The summed E-state index contributed by atoms with van der Waals surface area (Å²) in [4.78, 5) is 59.7. The van der Waals surface area contributed by atoms with Crippen molar-refractivity contribution in [2.75, 3.05) is 0 Å². The first-order valence-electron chi connectivity index (χ1n) is 21.2. The number of phenolic OH excluding ortho intramolecular Hbond substituents is 2. The molecule has 0 aromatic heterocycles. The lowest BCUT2D eigenvalue weighted by molar-refractivity contribution is -0.170. The van der Waals surface area contributed by atoms with Gasteiger partial charge in [0.05, 0.1) is 12.2 Å². The van der Waals surface area contributed by atoms with E-state index in [-0.39, 0.29) is 71.0 Å². The molecule has 0 amide bonds. The summed E-state index contributed by atoms with van der Waals surface area (Å²) >= 11 is 0. The standard InChI is InChI=1S/C23H28O6.C20H24O6.C4H5F3O/c1-12-8-16-15-10-14(15)11-19-21(29-23(3,4)28-19)17(24)7-5-6-13(2)27-22(26)20(16)18(25)9-12;1-10-6-14-13-8-12(13)9-17(23)19(24)15(21)5-3-4-11(2)26-20(25)18(14)16(22)7-10;1-2-3(8)4(5,6)7/h5,7-9,13-15,19,21,25H,6,10-11H2,1-4H3;3,5-7,11-13,17,19,22-24H,4,8-9H2,1-2H3;2H2,1H3/b7-5-;5-3-;/t13-,14?,15?,19-,21+;11-,12?,13?,17-,19+;/m00./s1. The van der Waals surface area contributed by atoms with E-state index in [1.807, 2.05) is 39.8 Å². The van der Waals surface area contributed by atoms with Gasteiger partial charge in [0.25, 0.3) is 0 Å². The molecule has 13 nitrogen and oxygen atoms in total. The Morgan fingerprint density at radius 3 is 1.63 bits per heavy atom. The second-order valence-electron chi connectivity index (χ2n) is 17.6. The summed E-state index contributed by atoms with van der Waals surface area (Å²) in [7, 11) is 0. The van der Waals surface area contributed by atoms with E-state index in [1.165, 1.54) is 31.2 Å². The number of esters is 2. The van der Waals surface area contributed by atoms with E-state index < -0.39 is 72.4 Å². The maximum Gasteiger partial charge on any atom is 0.449 e. The van der Waals surface area contributed by atoms with Crippen LogP contribution >= 0.6 is 0 Å². The number of carbonyl (C=O) groups excluding carboxylic acids is 5. The molecule has 0 spiro atoms. The number of Topliss-reactive ketones (excluding diaryl/α,β-unsaturated/α-hetero) is 1. The van der Waals surface area contributed by atoms with Crippen molar-refractivity contribution in [2.45, 2.75) is 154 Å². The van der Waals surface area contributed by atoms with Crippen LogP contribution in [0.5, 0.6) is 11.5 Å². The molecule has 0 radical (unpaired) electrons. The molecule has 3 aliphatic heterocycles. The van der Waals surface area contributed by atoms with Crippen LogP contribution in [0.15, 0.2) is 48.6 Å². The van der Waals surface area contributed by atoms with Crippen LogP contribution < -0.4 is 0 Å². The number of hydrogen-bond acceptors (Lipinski definition) is 13. The molecule has 3 fully saturated rings. The Morgan fingerprint density at radius 1 is 0.730 bits per heavy atom. The summed E-state index contributed by atoms with van der Waals surface area (Å²) in [6.07, 6.45) is -0.488. The molecule has 16 heteroatoms. The second kappa shape index (κ2) is 19.9. The van der Waals surface area contributed by atoms with Crippen LogP contribution in [0.1, 0.15) is 134 Å². The molecule has 4 unspecified atom stereocenters. The summed E-state index contributed by atoms with van der Waals surface area (Å²) in [5.41, 5.74) is 3.66. The van der Waals surface area contributed by atoms with Crippen molar-refractivity contribution in [1.29, 1.82) is 0 Å². The van der Waals surface area contributed by atoms with Crippen LogP contribution in [0.3, 0.4) is 0 Å². The van der Waals surface area contributed by atoms with Crippen LogP contribution in [0.2, 0.25) is 0 Å². The predicted molar refractivity (Wildman–Crippen MR) is 221 cm³/mol. The van der Waals surface area contributed by atoms with Crippen molar-refractivity contribution in [2.24, 2.45) is 11.8 Å². The first-order valence-corrected chi connectivity index (χ1v) is 21.2. The summed E-state index contributed by atoms with van der Waals surface area (Å²) in [6.45, 7) is 12.0. The highest BCUT2D eigenvalue weighted by Crippen LogP contribution is 2.54. The van der Waals surface area contributed by atoms with Crippen LogP contribution in [0.4, 0.5) is 13.2 Å². The molecule has 344 valence electrons. The third kappa shape index (κ3) is 12.6. The van der Waals surface area contributed by atoms with E-state index in [2.05, 4.69) is 0 Å². The minimum Gasteiger partial charge on any atom is -0.507 e. The molecule has 1 saturated heterocycles. The van der Waals surface area contributed by atoms with E-state index in [9.17, 15) is 57.6 Å². The van der Waals surface area contributed by atoms with Crippen molar-refractivity contribution in [1.82, 2.24) is 0 Å². The van der Waals surface area contributed by atoms with Gasteiger partial charge in [-0.15, -0.1) is 0 Å². The number of aryl methyl sites for hydroxylation is 2. The Bertz CT molecular complexity index is 2120. The lowest BCUT2D eigenvalue weighted by Crippen LogP contribution is -2.33. The summed E-state index contributed by atoms with van der Waals surface area (Å²) in [5.74, 6) is -4.03. The SMILES string of the molecule is CCC(=O)C(F)(F)F.Cc1cc(O)c2c(c1)C1CC1C[C@@H]1OC(C)(C)O[C@@H]1C(=O)/C=C\C[C@H](C)OC2=O.Cc1cc(O)c2c(c1)C1CC1C[C@H](O)[C@H](O)C(=O)/C=C\C[C@H](C)OC2=O. The minimum atomic E-state index is -4.63. The summed E-state index contributed by atoms with van der Waals surface area (Å²) in [6, 6.07) is 6.93. The molecular formula is C47H57F3O13. The third-order valence-corrected chi connectivity index (χ3v) is 11.6. The number of fused-ring (bicyclic) bond motifs is 7. The number of ketones is 3. The van der Waals surface area contributed by atoms with Gasteiger partial charge >= 0.3 is 18.1 Å². The van der Waals surface area contributed by atoms with E-state index in [0.717, 1.165) is 23.1 Å². The van der Waals surface area contributed by atoms with Gasteiger partial charge in [-0.2, -0.15) is 13.2 Å². The maximum absolute atomic E-state index is 12.8. The lowest BCUT2D eigenvalue weighted by Gasteiger charge is -2.18. The number of aliphatic hydroxyl groups is 2. The van der Waals surface area contributed by atoms with Crippen LogP contribution in [-0.2, 0) is 33.3 Å². The van der Waals surface area contributed by atoms with Crippen molar-refractivity contribution < 1.29 is 76.5 Å². The zero-order valence-electron chi connectivity index (χ0n) is 36.4. The highest BCUT2D eigenvalue weighted by molar-refractivity contribution is 5.96. The number of benzene rings is 2. The van der Waals surface area contributed by atoms with Crippen molar-refractivity contribution in [3.63, 3.8) is 0 Å². The molecule has 63 heavy (non-hydrogen) atoms. The highest BCUT2D eigenvalue weighted by atomic mass is 19.4. The predicted octanol–water partition coefficient (Wildman–Crippen LogP) is 7.31. The van der Waals surface area contributed by atoms with E-state index in [1.54, 1.807) is 26.0 Å². The van der Waals surface area contributed by atoms with Crippen molar-refractivity contribution in [3.05, 3.63) is 82.0 Å². The molecule has 3 heterocycles. The zero-order chi connectivity index (χ0) is 46.7. The Morgan fingerprint density at radius 2 is 1.19 bits per heavy atom. The Labute approximate surface area is 364 Å². The van der Waals surface area contributed by atoms with Gasteiger partial charge in [0.2, 0.25) is 5.78 Å². The van der Waals surface area contributed by atoms with Gasteiger partial charge in [0.1, 0.15) is 47.0 Å². The number of halogens is 3. The molecule has 7 rings (SSSR count). The third-order valence-electron chi connectivity index (χ3n) is 11.6. The fraction of sp³-hybridized carbons (Fsp3) is 0.553. The molecule has 2 aromatic carbocycles. The molecule has 2 aliphatic carbocycles. The van der Waals surface area contributed by atoms with E-state index in [0.29, 0.717) is 24.8 Å². The fourth-order valence-electron chi connectivity index (χ4n) is 8.30. The monoisotopic (exact) mass is 886 g/mol. The molecule has 2 aromatic rings. The van der Waals surface area contributed by atoms with Crippen LogP contribution in [0.25, 0.3) is 0 Å². The number of carbonyl (C=O) groups is 5. The molecular weight excluding hydrogens is 829 g/mol. The highest BCUT2D eigenvalue weighted by Gasteiger charge is 2.50. The number of cyclic esters (lactones) is 2. The maximum atomic E-state index is 12.8. The second-order valence-corrected chi connectivity index (χ2v) is 17.6. The smallest absolute Gasteiger partial charge is 0.449 e. The van der Waals surface area contributed by atoms with Crippen LogP contribution in [0, 0.1) is 25.7 Å². The van der Waals surface area contributed by atoms with Gasteiger partial charge in [-0.25, -0.2) is 9.59 Å². The first kappa shape index (κ1) is 49.1. The van der Waals surface area contributed by atoms with Gasteiger partial charge < -0.3 is 39.4 Å². The molecule has 0 bridgehead atoms. The van der Waals surface area contributed by atoms with Gasteiger partial charge in [0, 0.05) is 19.3 Å². The van der Waals surface area contributed by atoms with Crippen molar-refractivity contribution >= 4 is 29.3 Å². The van der Waals surface area contributed by atoms with Gasteiger partial charge in [-0.3, -0.25) is 14.4 Å². The fourth-order valence-corrected chi connectivity index (χ4v) is 8.30. The lowest BCUT2D eigenvalue weighted by atomic mass is 9.95. The van der Waals surface area contributed by atoms with E-state index in [4.69, 9.17) is 18.9 Å². The number of aliphatic hydroxyl groups excluding tert-OH is 2. The number of hydrogen-bond donors (Lipinski definition) is 4. The van der Waals surface area contributed by atoms with Crippen LogP contribution in [-0.4, -0.2) is 98.3 Å². The summed E-state index contributed by atoms with van der Waals surface area (Å²) in [5, 5.41) is 41.0. The molecule has 4 N–H and O–H groups in total. The average Bonchev–Trinajstić information content (AvgIpc) is 4.09. The number of phenols is 2. The summed E-state index contributed by atoms with van der Waals surface area (Å²) < 4.78 is 56.2. The van der Waals surface area contributed by atoms with Gasteiger partial charge in [0.15, 0.2) is 17.4 Å². The topological polar surface area (TPSA) is 203 Å². The molecule has 10 atom stereocenters. The average molecular weight is 887 g/mol. The molecule has 2 saturated carbocycles. The number of aromatic hydroxyl groups is 2. The Balaban J connectivity index is 0.000000204. The normalized spacial score (nSPS) is 31.4. The number of rotatable bonds is 1. The van der Waals surface area contributed by atoms with E-state index >= 15 is 0 Å². The van der Waals surface area contributed by atoms with Gasteiger partial charge in [-0.05, 0) is 137 Å². The molecule has 5 aliphatic rings. The largest absolute Gasteiger partial charge is 0.507 e.